The van der Waals surface area contributed by atoms with Gasteiger partial charge in [-0.2, -0.15) is 0 Å². The average molecular weight is 610 g/mol. The minimum atomic E-state index is -0.772. The first-order valence-corrected chi connectivity index (χ1v) is 14.5. The molecule has 0 atom stereocenters. The molecule has 1 N–H and O–H groups in total. The molecule has 4 aromatic rings. The molecule has 8 nitrogen and oxygen atoms in total. The number of aromatic nitrogens is 3. The monoisotopic (exact) mass is 608 g/mol. The minimum Gasteiger partial charge on any atom is -0.481 e. The summed E-state index contributed by atoms with van der Waals surface area (Å²) < 4.78 is 20.7. The van der Waals surface area contributed by atoms with Crippen molar-refractivity contribution in [2.45, 2.75) is 25.7 Å². The second-order valence-corrected chi connectivity index (χ2v) is 11.6. The van der Waals surface area contributed by atoms with E-state index in [1.165, 1.54) is 0 Å². The van der Waals surface area contributed by atoms with Gasteiger partial charge in [-0.05, 0) is 19.2 Å². The van der Waals surface area contributed by atoms with Gasteiger partial charge in [-0.15, -0.1) is 0 Å². The molecule has 0 spiro atoms. The van der Waals surface area contributed by atoms with Crippen LogP contribution in [-0.4, -0.2) is 70.2 Å². The highest BCUT2D eigenvalue weighted by Gasteiger charge is 2.28. The van der Waals surface area contributed by atoms with Crippen LogP contribution in [0.1, 0.15) is 27.6 Å². The fourth-order valence-electron chi connectivity index (χ4n) is 5.61. The molecule has 11 heteroatoms. The number of rotatable bonds is 7. The molecule has 218 valence electrons. The summed E-state index contributed by atoms with van der Waals surface area (Å²) in [5, 5.41) is 3.78. The third kappa shape index (κ3) is 5.38. The Bertz CT molecular complexity index is 1670. The van der Waals surface area contributed by atoms with Crippen molar-refractivity contribution in [3.8, 4) is 28.3 Å². The number of likely N-dealkylation sites (tertiary alicyclic amines) is 1. The molecule has 2 aliphatic heterocycles. The average Bonchev–Trinajstić information content (AvgIpc) is 3.29. The van der Waals surface area contributed by atoms with Crippen LogP contribution in [0.25, 0.3) is 22.4 Å². The number of amides is 1. The number of anilines is 1. The van der Waals surface area contributed by atoms with Crippen LogP contribution in [0.3, 0.4) is 0 Å². The van der Waals surface area contributed by atoms with E-state index in [9.17, 15) is 9.18 Å². The minimum absolute atomic E-state index is 0.329. The number of methoxy groups -OCH3 is 1. The number of benzene rings is 2. The van der Waals surface area contributed by atoms with Crippen LogP contribution in [0.4, 0.5) is 10.1 Å². The fourth-order valence-corrected chi connectivity index (χ4v) is 6.21. The van der Waals surface area contributed by atoms with Gasteiger partial charge in [0.05, 0.1) is 34.2 Å². The summed E-state index contributed by atoms with van der Waals surface area (Å²) in [6.07, 6.45) is 0.0700. The molecule has 1 fully saturated rings. The largest absolute Gasteiger partial charge is 0.481 e. The van der Waals surface area contributed by atoms with Crippen molar-refractivity contribution in [3.63, 3.8) is 0 Å². The van der Waals surface area contributed by atoms with Crippen molar-refractivity contribution in [3.05, 3.63) is 81.4 Å². The normalized spacial score (nSPS) is 15.8. The van der Waals surface area contributed by atoms with E-state index in [1.807, 2.05) is 66.0 Å². The van der Waals surface area contributed by atoms with E-state index in [4.69, 9.17) is 32.9 Å². The van der Waals surface area contributed by atoms with Crippen LogP contribution in [0.5, 0.6) is 5.88 Å². The Balaban J connectivity index is 1.27. The number of halogens is 3. The molecule has 4 heterocycles. The Kier molecular flexibility index (Phi) is 7.93. The number of nitrogens with one attached hydrogen (secondary N) is 1. The standard InChI is InChI=1S/C31H31Cl2FN6O2/c1-38-13-12-26-25(17-38)35-29(39(26)2)30(41)36-24-9-5-7-21(28(24)33)20-6-4-8-22(27(20)32)23-11-10-18(31(37-23)42-3)14-40-15-19(34)16-40/h4-11,19H,12-17H2,1-3H3,(H,36,41). The van der Waals surface area contributed by atoms with E-state index in [-0.39, 0.29) is 5.91 Å². The molecule has 42 heavy (non-hydrogen) atoms. The van der Waals surface area contributed by atoms with E-state index in [0.29, 0.717) is 76.0 Å². The van der Waals surface area contributed by atoms with Crippen LogP contribution in [0.15, 0.2) is 48.5 Å². The second-order valence-electron chi connectivity index (χ2n) is 10.8. The zero-order chi connectivity index (χ0) is 29.5. The Labute approximate surface area is 254 Å². The zero-order valence-electron chi connectivity index (χ0n) is 23.6. The predicted octanol–water partition coefficient (Wildman–Crippen LogP) is 5.86. The van der Waals surface area contributed by atoms with Gasteiger partial charge >= 0.3 is 0 Å². The van der Waals surface area contributed by atoms with Gasteiger partial charge < -0.3 is 19.5 Å². The van der Waals surface area contributed by atoms with Crippen molar-refractivity contribution < 1.29 is 13.9 Å². The Morgan fingerprint density at radius 1 is 1.02 bits per heavy atom. The van der Waals surface area contributed by atoms with E-state index in [2.05, 4.69) is 15.2 Å². The number of hydrogen-bond acceptors (Lipinski definition) is 6. The third-order valence-electron chi connectivity index (χ3n) is 7.90. The smallest absolute Gasteiger partial charge is 0.291 e. The molecule has 0 radical (unpaired) electrons. The van der Waals surface area contributed by atoms with Gasteiger partial charge in [0.1, 0.15) is 6.17 Å². The van der Waals surface area contributed by atoms with Crippen LogP contribution in [-0.2, 0) is 26.6 Å². The maximum Gasteiger partial charge on any atom is 0.291 e. The van der Waals surface area contributed by atoms with Crippen LogP contribution >= 0.6 is 23.2 Å². The van der Waals surface area contributed by atoms with Gasteiger partial charge in [0.15, 0.2) is 5.82 Å². The highest BCUT2D eigenvalue weighted by molar-refractivity contribution is 6.39. The van der Waals surface area contributed by atoms with Gasteiger partial charge in [0.2, 0.25) is 5.88 Å². The van der Waals surface area contributed by atoms with Crippen molar-refractivity contribution in [2.75, 3.05) is 39.1 Å². The van der Waals surface area contributed by atoms with E-state index in [1.54, 1.807) is 13.2 Å². The lowest BCUT2D eigenvalue weighted by atomic mass is 10.00. The van der Waals surface area contributed by atoms with E-state index < -0.39 is 6.17 Å². The molecule has 6 rings (SSSR count). The summed E-state index contributed by atoms with van der Waals surface area (Å²) in [6, 6.07) is 14.9. The van der Waals surface area contributed by atoms with Gasteiger partial charge in [0, 0.05) is 74.1 Å². The number of hydrogen-bond donors (Lipinski definition) is 1. The van der Waals surface area contributed by atoms with E-state index in [0.717, 1.165) is 29.9 Å². The lowest BCUT2D eigenvalue weighted by molar-refractivity contribution is 0.0583. The van der Waals surface area contributed by atoms with Crippen molar-refractivity contribution in [1.29, 1.82) is 0 Å². The maximum atomic E-state index is 13.3. The first-order valence-electron chi connectivity index (χ1n) is 13.8. The number of imidazole rings is 1. The Morgan fingerprint density at radius 2 is 1.74 bits per heavy atom. The summed E-state index contributed by atoms with van der Waals surface area (Å²) in [7, 11) is 5.48. The predicted molar refractivity (Wildman–Crippen MR) is 163 cm³/mol. The van der Waals surface area contributed by atoms with Gasteiger partial charge in [-0.1, -0.05) is 59.6 Å². The highest BCUT2D eigenvalue weighted by Crippen LogP contribution is 2.41. The SMILES string of the molecule is COc1nc(-c2cccc(-c3cccc(NC(=O)c4nc5c(n4C)CCN(C)C5)c3Cl)c2Cl)ccc1CN1CC(F)C1. The first kappa shape index (κ1) is 28.6. The third-order valence-corrected chi connectivity index (χ3v) is 8.71. The van der Waals surface area contributed by atoms with E-state index >= 15 is 0 Å². The maximum absolute atomic E-state index is 13.3. The molecule has 1 amide bonds. The summed E-state index contributed by atoms with van der Waals surface area (Å²) in [5.41, 5.74) is 6.06. The number of carbonyl (C=O) groups excluding carboxylic acids is 1. The van der Waals surface area contributed by atoms with Crippen LogP contribution in [0.2, 0.25) is 10.0 Å². The highest BCUT2D eigenvalue weighted by atomic mass is 35.5. The number of ether oxygens (including phenoxy) is 1. The molecule has 0 unspecified atom stereocenters. The summed E-state index contributed by atoms with van der Waals surface area (Å²) in [4.78, 5) is 26.8. The summed E-state index contributed by atoms with van der Waals surface area (Å²) in [5.74, 6) is 0.491. The summed E-state index contributed by atoms with van der Waals surface area (Å²) >= 11 is 13.8. The molecule has 0 bridgehead atoms. The Morgan fingerprint density at radius 3 is 2.48 bits per heavy atom. The second kappa shape index (κ2) is 11.6. The van der Waals surface area contributed by atoms with Crippen molar-refractivity contribution in [2.24, 2.45) is 7.05 Å². The molecular formula is C31H31Cl2FN6O2. The van der Waals surface area contributed by atoms with Crippen LogP contribution < -0.4 is 10.1 Å². The quantitative estimate of drug-likeness (QED) is 0.283. The summed E-state index contributed by atoms with van der Waals surface area (Å²) in [6.45, 7) is 3.04. The topological polar surface area (TPSA) is 75.5 Å². The molecule has 0 saturated carbocycles. The lowest BCUT2D eigenvalue weighted by Gasteiger charge is -2.34. The number of carbonyl (C=O) groups is 1. The molecule has 1 saturated heterocycles. The first-order chi connectivity index (χ1) is 20.2. The lowest BCUT2D eigenvalue weighted by Crippen LogP contribution is -2.47. The number of pyridine rings is 1. The van der Waals surface area contributed by atoms with Crippen molar-refractivity contribution >= 4 is 34.8 Å². The molecule has 2 aromatic carbocycles. The molecular weight excluding hydrogens is 578 g/mol. The number of likely N-dealkylation sites (N-methyl/N-ethyl adjacent to an activating group) is 1. The number of fused-ring (bicyclic) bond motifs is 1. The number of alkyl halides is 1. The fraction of sp³-hybridized carbons (Fsp3) is 0.323. The van der Waals surface area contributed by atoms with Gasteiger partial charge in [-0.25, -0.2) is 14.4 Å². The van der Waals surface area contributed by atoms with Crippen molar-refractivity contribution in [1.82, 2.24) is 24.3 Å². The molecule has 0 aliphatic carbocycles. The number of nitrogens with zero attached hydrogens (tertiary/aromatic N) is 5. The molecule has 2 aromatic heterocycles. The molecule has 2 aliphatic rings. The zero-order valence-corrected chi connectivity index (χ0v) is 25.1. The Hall–Kier alpha value is -3.50. The van der Waals surface area contributed by atoms with Gasteiger partial charge in [0.25, 0.3) is 5.91 Å². The van der Waals surface area contributed by atoms with Gasteiger partial charge in [-0.3, -0.25) is 9.69 Å². The van der Waals surface area contributed by atoms with Crippen LogP contribution in [0, 0.1) is 0 Å².